The molecule has 0 aliphatic heterocycles. The molecular formula is C14H27N3O2S2. The van der Waals surface area contributed by atoms with E-state index in [0.717, 1.165) is 37.4 Å². The van der Waals surface area contributed by atoms with Crippen LogP contribution in [-0.2, 0) is 23.1 Å². The van der Waals surface area contributed by atoms with Gasteiger partial charge in [-0.05, 0) is 31.7 Å². The van der Waals surface area contributed by atoms with Gasteiger partial charge in [0.05, 0.1) is 4.90 Å². The molecule has 1 heterocycles. The summed E-state index contributed by atoms with van der Waals surface area (Å²) in [4.78, 5) is 0.366. The largest absolute Gasteiger partial charge is 0.349 e. The van der Waals surface area contributed by atoms with Crippen molar-refractivity contribution in [3.63, 3.8) is 0 Å². The SMILES string of the molecule is CCCNCc1cc(S(=O)(=O)NCCSC)cn1CCC. The molecule has 0 saturated carbocycles. The van der Waals surface area contributed by atoms with Crippen LogP contribution in [-0.4, -0.2) is 38.1 Å². The van der Waals surface area contributed by atoms with Crippen molar-refractivity contribution in [1.82, 2.24) is 14.6 Å². The maximum Gasteiger partial charge on any atom is 0.242 e. The molecular weight excluding hydrogens is 306 g/mol. The molecule has 2 N–H and O–H groups in total. The highest BCUT2D eigenvalue weighted by atomic mass is 32.2. The Morgan fingerprint density at radius 2 is 2.00 bits per heavy atom. The molecule has 122 valence electrons. The second kappa shape index (κ2) is 9.50. The number of rotatable bonds is 11. The number of aromatic nitrogens is 1. The van der Waals surface area contributed by atoms with E-state index in [-0.39, 0.29) is 0 Å². The number of thioether (sulfide) groups is 1. The molecule has 1 aromatic heterocycles. The van der Waals surface area contributed by atoms with Crippen molar-refractivity contribution in [2.24, 2.45) is 0 Å². The molecule has 0 aliphatic rings. The minimum atomic E-state index is -3.40. The fraction of sp³-hybridized carbons (Fsp3) is 0.714. The third-order valence-corrected chi connectivity index (χ3v) is 5.11. The van der Waals surface area contributed by atoms with Crippen molar-refractivity contribution in [2.45, 2.75) is 44.7 Å². The van der Waals surface area contributed by atoms with Crippen molar-refractivity contribution < 1.29 is 8.42 Å². The lowest BCUT2D eigenvalue weighted by molar-refractivity contribution is 0.582. The average molecular weight is 334 g/mol. The van der Waals surface area contributed by atoms with E-state index in [1.807, 2.05) is 10.8 Å². The summed E-state index contributed by atoms with van der Waals surface area (Å²) in [5.74, 6) is 0.778. The van der Waals surface area contributed by atoms with E-state index in [2.05, 4.69) is 23.9 Å². The van der Waals surface area contributed by atoms with Gasteiger partial charge in [-0.2, -0.15) is 11.8 Å². The van der Waals surface area contributed by atoms with Gasteiger partial charge in [0.2, 0.25) is 10.0 Å². The summed E-state index contributed by atoms with van der Waals surface area (Å²) >= 11 is 1.63. The van der Waals surface area contributed by atoms with Crippen LogP contribution in [0.1, 0.15) is 32.4 Å². The van der Waals surface area contributed by atoms with E-state index in [1.54, 1.807) is 24.0 Å². The van der Waals surface area contributed by atoms with Gasteiger partial charge in [-0.15, -0.1) is 0 Å². The Kier molecular flexibility index (Phi) is 8.39. The third-order valence-electron chi connectivity index (χ3n) is 3.07. The normalized spacial score (nSPS) is 12.0. The van der Waals surface area contributed by atoms with Crippen LogP contribution in [0.15, 0.2) is 17.2 Å². The number of sulfonamides is 1. The summed E-state index contributed by atoms with van der Waals surface area (Å²) < 4.78 is 29.2. The lowest BCUT2D eigenvalue weighted by Crippen LogP contribution is -2.25. The first-order chi connectivity index (χ1) is 10.0. The smallest absolute Gasteiger partial charge is 0.242 e. The lowest BCUT2D eigenvalue weighted by atomic mass is 10.4. The summed E-state index contributed by atoms with van der Waals surface area (Å²) in [5.41, 5.74) is 1.02. The van der Waals surface area contributed by atoms with E-state index in [0.29, 0.717) is 18.0 Å². The monoisotopic (exact) mass is 333 g/mol. The third kappa shape index (κ3) is 6.02. The minimum Gasteiger partial charge on any atom is -0.349 e. The van der Waals surface area contributed by atoms with Crippen molar-refractivity contribution >= 4 is 21.8 Å². The zero-order valence-corrected chi connectivity index (χ0v) is 14.8. The van der Waals surface area contributed by atoms with Gasteiger partial charge >= 0.3 is 0 Å². The van der Waals surface area contributed by atoms with Gasteiger partial charge in [-0.3, -0.25) is 0 Å². The number of aryl methyl sites for hydroxylation is 1. The molecule has 0 unspecified atom stereocenters. The number of hydrogen-bond donors (Lipinski definition) is 2. The number of nitrogens with one attached hydrogen (secondary N) is 2. The summed E-state index contributed by atoms with van der Waals surface area (Å²) in [7, 11) is -3.40. The molecule has 1 aromatic rings. The predicted molar refractivity (Wildman–Crippen MR) is 90.3 cm³/mol. The van der Waals surface area contributed by atoms with Gasteiger partial charge in [-0.1, -0.05) is 13.8 Å². The van der Waals surface area contributed by atoms with E-state index in [1.165, 1.54) is 0 Å². The van der Waals surface area contributed by atoms with E-state index in [4.69, 9.17) is 0 Å². The Hall–Kier alpha value is -0.500. The van der Waals surface area contributed by atoms with Gasteiger partial charge in [0, 0.05) is 37.3 Å². The minimum absolute atomic E-state index is 0.366. The predicted octanol–water partition coefficient (Wildman–Crippen LogP) is 2.04. The van der Waals surface area contributed by atoms with Crippen molar-refractivity contribution in [3.05, 3.63) is 18.0 Å². The van der Waals surface area contributed by atoms with Crippen LogP contribution >= 0.6 is 11.8 Å². The van der Waals surface area contributed by atoms with Gasteiger partial charge in [0.1, 0.15) is 0 Å². The van der Waals surface area contributed by atoms with Gasteiger partial charge in [0.15, 0.2) is 0 Å². The average Bonchev–Trinajstić information content (AvgIpc) is 2.84. The van der Waals surface area contributed by atoms with Crippen LogP contribution in [0.5, 0.6) is 0 Å². The molecule has 0 spiro atoms. The van der Waals surface area contributed by atoms with Gasteiger partial charge in [0.25, 0.3) is 0 Å². The van der Waals surface area contributed by atoms with E-state index < -0.39 is 10.0 Å². The molecule has 0 fully saturated rings. The van der Waals surface area contributed by atoms with Crippen molar-refractivity contribution in [3.8, 4) is 0 Å². The molecule has 0 bridgehead atoms. The van der Waals surface area contributed by atoms with Crippen LogP contribution in [0, 0.1) is 0 Å². The fourth-order valence-electron chi connectivity index (χ4n) is 2.02. The lowest BCUT2D eigenvalue weighted by Gasteiger charge is -2.08. The Bertz CT molecular complexity index is 512. The first-order valence-corrected chi connectivity index (χ1v) is 10.3. The topological polar surface area (TPSA) is 63.1 Å². The zero-order chi connectivity index (χ0) is 15.7. The molecule has 0 saturated heterocycles. The van der Waals surface area contributed by atoms with Crippen LogP contribution in [0.4, 0.5) is 0 Å². The molecule has 0 amide bonds. The van der Waals surface area contributed by atoms with Gasteiger partial charge in [-0.25, -0.2) is 13.1 Å². The second-order valence-corrected chi connectivity index (χ2v) is 7.68. The van der Waals surface area contributed by atoms with Crippen LogP contribution < -0.4 is 10.0 Å². The molecule has 1 rings (SSSR count). The summed E-state index contributed by atoms with van der Waals surface area (Å²) in [6, 6.07) is 1.78. The molecule has 7 heteroatoms. The Morgan fingerprint density at radius 1 is 1.24 bits per heavy atom. The van der Waals surface area contributed by atoms with E-state index in [9.17, 15) is 8.42 Å². The molecule has 0 aromatic carbocycles. The summed E-state index contributed by atoms with van der Waals surface area (Å²) in [5, 5.41) is 3.33. The van der Waals surface area contributed by atoms with Crippen molar-refractivity contribution in [2.75, 3.05) is 25.1 Å². The van der Waals surface area contributed by atoms with Crippen LogP contribution in [0.2, 0.25) is 0 Å². The summed E-state index contributed by atoms with van der Waals surface area (Å²) in [6.07, 6.45) is 5.75. The quantitative estimate of drug-likeness (QED) is 0.608. The Labute approximate surface area is 132 Å². The molecule has 0 aliphatic carbocycles. The summed E-state index contributed by atoms with van der Waals surface area (Å²) in [6.45, 7) is 7.15. The van der Waals surface area contributed by atoms with Crippen molar-refractivity contribution in [1.29, 1.82) is 0 Å². The Balaban J connectivity index is 2.84. The molecule has 21 heavy (non-hydrogen) atoms. The highest BCUT2D eigenvalue weighted by molar-refractivity contribution is 7.98. The number of hydrogen-bond acceptors (Lipinski definition) is 4. The molecule has 0 atom stereocenters. The zero-order valence-electron chi connectivity index (χ0n) is 13.2. The highest BCUT2D eigenvalue weighted by Gasteiger charge is 2.17. The maximum absolute atomic E-state index is 12.3. The second-order valence-electron chi connectivity index (χ2n) is 4.93. The first-order valence-electron chi connectivity index (χ1n) is 7.43. The molecule has 5 nitrogen and oxygen atoms in total. The fourth-order valence-corrected chi connectivity index (χ4v) is 3.55. The maximum atomic E-state index is 12.3. The first kappa shape index (κ1) is 18.5. The van der Waals surface area contributed by atoms with Crippen LogP contribution in [0.3, 0.4) is 0 Å². The Morgan fingerprint density at radius 3 is 2.62 bits per heavy atom. The van der Waals surface area contributed by atoms with Gasteiger partial charge < -0.3 is 9.88 Å². The molecule has 0 radical (unpaired) electrons. The van der Waals surface area contributed by atoms with Crippen LogP contribution in [0.25, 0.3) is 0 Å². The highest BCUT2D eigenvalue weighted by Crippen LogP contribution is 2.15. The van der Waals surface area contributed by atoms with E-state index >= 15 is 0 Å². The number of nitrogens with zero attached hydrogens (tertiary/aromatic N) is 1. The standard InChI is InChI=1S/C14H27N3O2S2/c1-4-6-15-11-13-10-14(12-17(13)8-5-2)21(18,19)16-7-9-20-3/h10,12,15-16H,4-9,11H2,1-3H3.